The normalized spacial score (nSPS) is 22.9. The molecule has 1 fully saturated rings. The van der Waals surface area contributed by atoms with E-state index in [0.717, 1.165) is 12.7 Å². The molecule has 0 bridgehead atoms. The molecule has 1 saturated heterocycles. The Balaban J connectivity index is 1.87. The average Bonchev–Trinajstić information content (AvgIpc) is 2.63. The molecule has 7 nitrogen and oxygen atoms in total. The van der Waals surface area contributed by atoms with E-state index in [0.29, 0.717) is 17.5 Å². The van der Waals surface area contributed by atoms with Crippen molar-refractivity contribution in [1.29, 1.82) is 0 Å². The molecular weight excluding hydrogens is 405 g/mol. The highest BCUT2D eigenvalue weighted by molar-refractivity contribution is 7.90. The minimum absolute atomic E-state index is 0.0243. The number of hydrogen-bond acceptors (Lipinski definition) is 6. The summed E-state index contributed by atoms with van der Waals surface area (Å²) in [5.74, 6) is -0.537. The fourth-order valence-corrected chi connectivity index (χ4v) is 5.49. The molecule has 0 radical (unpaired) electrons. The number of hydrogen-bond donors (Lipinski definition) is 0. The van der Waals surface area contributed by atoms with Gasteiger partial charge in [0.25, 0.3) is 0 Å². The first-order valence-corrected chi connectivity index (χ1v) is 12.2. The summed E-state index contributed by atoms with van der Waals surface area (Å²) < 4.78 is 64.1. The lowest BCUT2D eigenvalue weighted by molar-refractivity contribution is 0.281. The van der Waals surface area contributed by atoms with E-state index in [1.807, 2.05) is 6.92 Å². The van der Waals surface area contributed by atoms with Crippen LogP contribution in [0.5, 0.6) is 0 Å². The molecule has 2 heterocycles. The Morgan fingerprint density at radius 2 is 1.79 bits per heavy atom. The van der Waals surface area contributed by atoms with Gasteiger partial charge in [-0.1, -0.05) is 12.1 Å². The van der Waals surface area contributed by atoms with Crippen molar-refractivity contribution in [3.63, 3.8) is 0 Å². The van der Waals surface area contributed by atoms with Crippen LogP contribution in [-0.4, -0.2) is 48.7 Å². The van der Waals surface area contributed by atoms with E-state index in [1.165, 1.54) is 28.8 Å². The van der Waals surface area contributed by atoms with Crippen LogP contribution in [0.3, 0.4) is 0 Å². The smallest absolute Gasteiger partial charge is 0.226 e. The number of nitrogens with zero attached hydrogens (tertiary/aromatic N) is 3. The van der Waals surface area contributed by atoms with E-state index in [1.54, 1.807) is 13.0 Å². The van der Waals surface area contributed by atoms with Crippen molar-refractivity contribution in [2.75, 3.05) is 6.26 Å². The minimum Gasteiger partial charge on any atom is -0.226 e. The first kappa shape index (κ1) is 20.8. The van der Waals surface area contributed by atoms with Crippen LogP contribution in [-0.2, 0) is 26.4 Å². The molecule has 2 atom stereocenters. The van der Waals surface area contributed by atoms with Gasteiger partial charge in [-0.3, -0.25) is 0 Å². The van der Waals surface area contributed by atoms with Crippen LogP contribution in [0.4, 0.5) is 4.39 Å². The summed E-state index contributed by atoms with van der Waals surface area (Å²) >= 11 is 0. The van der Waals surface area contributed by atoms with Crippen molar-refractivity contribution >= 4 is 19.9 Å². The lowest BCUT2D eigenvalue weighted by Crippen LogP contribution is -2.47. The second kappa shape index (κ2) is 7.49. The summed E-state index contributed by atoms with van der Waals surface area (Å²) in [6.45, 7) is 3.48. The summed E-state index contributed by atoms with van der Waals surface area (Å²) in [4.78, 5) is 7.60. The zero-order chi connectivity index (χ0) is 20.7. The molecule has 28 heavy (non-hydrogen) atoms. The summed E-state index contributed by atoms with van der Waals surface area (Å²) in [6.07, 6.45) is 4.98. The maximum absolute atomic E-state index is 14.7. The summed E-state index contributed by atoms with van der Waals surface area (Å²) in [7, 11) is -6.97. The average molecular weight is 428 g/mol. The largest absolute Gasteiger partial charge is 0.246 e. The van der Waals surface area contributed by atoms with Gasteiger partial charge in [0.2, 0.25) is 25.0 Å². The molecule has 3 rings (SSSR count). The van der Waals surface area contributed by atoms with Gasteiger partial charge in [0.1, 0.15) is 5.82 Å². The van der Waals surface area contributed by atoms with Crippen LogP contribution in [0.25, 0.3) is 11.1 Å². The number of benzene rings is 1. The van der Waals surface area contributed by atoms with Crippen molar-refractivity contribution in [3.05, 3.63) is 42.0 Å². The summed E-state index contributed by atoms with van der Waals surface area (Å²) in [5.41, 5.74) is 1.22. The first-order valence-electron chi connectivity index (χ1n) is 8.81. The minimum atomic E-state index is -3.51. The Labute approximate surface area is 164 Å². The van der Waals surface area contributed by atoms with Gasteiger partial charge < -0.3 is 0 Å². The number of rotatable bonds is 4. The molecule has 1 aromatic heterocycles. The Morgan fingerprint density at radius 3 is 2.36 bits per heavy atom. The van der Waals surface area contributed by atoms with E-state index >= 15 is 0 Å². The van der Waals surface area contributed by atoms with Gasteiger partial charge in [-0.05, 0) is 38.3 Å². The Bertz CT molecular complexity index is 1090. The van der Waals surface area contributed by atoms with E-state index in [4.69, 9.17) is 0 Å². The highest BCUT2D eigenvalue weighted by Gasteiger charge is 2.37. The molecule has 0 saturated carbocycles. The number of aromatic nitrogens is 2. The molecule has 1 unspecified atom stereocenters. The van der Waals surface area contributed by atoms with E-state index in [-0.39, 0.29) is 23.3 Å². The van der Waals surface area contributed by atoms with Gasteiger partial charge in [-0.2, -0.15) is 4.31 Å². The van der Waals surface area contributed by atoms with Gasteiger partial charge in [-0.25, -0.2) is 31.2 Å². The second-order valence-corrected chi connectivity index (χ2v) is 11.4. The van der Waals surface area contributed by atoms with E-state index in [9.17, 15) is 21.2 Å². The van der Waals surface area contributed by atoms with Crippen LogP contribution in [0.2, 0.25) is 0 Å². The zero-order valence-corrected chi connectivity index (χ0v) is 17.5. The predicted molar refractivity (Wildman–Crippen MR) is 103 cm³/mol. The molecule has 1 aliphatic heterocycles. The van der Waals surface area contributed by atoms with E-state index in [2.05, 4.69) is 9.97 Å². The van der Waals surface area contributed by atoms with Crippen molar-refractivity contribution < 1.29 is 21.2 Å². The van der Waals surface area contributed by atoms with Crippen molar-refractivity contribution in [3.8, 4) is 11.1 Å². The van der Waals surface area contributed by atoms with Gasteiger partial charge in [0.15, 0.2) is 0 Å². The molecule has 0 aliphatic carbocycles. The number of halogens is 1. The standard InChI is InChI=1S/C18H22FN3O4S2/c1-12-4-5-13(2)28(25,26)22(12)11-15-7-6-14(8-17(15)19)16-9-20-18(21-10-16)27(3,23)24/h6-10,12-13H,4-5,11H2,1-3H3/t12-,13?/m0/s1. The highest BCUT2D eigenvalue weighted by Crippen LogP contribution is 2.29. The van der Waals surface area contributed by atoms with Gasteiger partial charge in [0.05, 0.1) is 5.25 Å². The molecule has 10 heteroatoms. The van der Waals surface area contributed by atoms with Crippen molar-refractivity contribution in [2.24, 2.45) is 0 Å². The maximum atomic E-state index is 14.7. The second-order valence-electron chi connectivity index (χ2n) is 7.16. The Kier molecular flexibility index (Phi) is 5.57. The molecule has 152 valence electrons. The topological polar surface area (TPSA) is 97.3 Å². The Morgan fingerprint density at radius 1 is 1.14 bits per heavy atom. The van der Waals surface area contributed by atoms with Crippen molar-refractivity contribution in [2.45, 2.75) is 49.7 Å². The Hall–Kier alpha value is -1.91. The lowest BCUT2D eigenvalue weighted by Gasteiger charge is -2.36. The van der Waals surface area contributed by atoms with Crippen LogP contribution >= 0.6 is 0 Å². The van der Waals surface area contributed by atoms with Crippen molar-refractivity contribution in [1.82, 2.24) is 14.3 Å². The molecule has 2 aromatic rings. The maximum Gasteiger partial charge on any atom is 0.246 e. The fourth-order valence-electron chi connectivity index (χ4n) is 3.18. The van der Waals surface area contributed by atoms with Gasteiger partial charge >= 0.3 is 0 Å². The fraction of sp³-hybridized carbons (Fsp3) is 0.444. The van der Waals surface area contributed by atoms with E-state index < -0.39 is 30.9 Å². The van der Waals surface area contributed by atoms with Gasteiger partial charge in [-0.15, -0.1) is 0 Å². The van der Waals surface area contributed by atoms with Crippen LogP contribution in [0.15, 0.2) is 35.7 Å². The third kappa shape index (κ3) is 4.08. The SMILES string of the molecule is CC1CC[C@H](C)N(Cc2ccc(-c3cnc(S(C)(=O)=O)nc3)cc2F)S1(=O)=O. The highest BCUT2D eigenvalue weighted by atomic mass is 32.2. The molecule has 1 aromatic carbocycles. The lowest BCUT2D eigenvalue weighted by atomic mass is 10.1. The zero-order valence-electron chi connectivity index (χ0n) is 15.8. The third-order valence-corrected chi connectivity index (χ3v) is 8.26. The molecule has 1 aliphatic rings. The van der Waals surface area contributed by atoms with Crippen LogP contribution in [0, 0.1) is 5.82 Å². The molecule has 0 amide bonds. The number of sulfonamides is 1. The summed E-state index contributed by atoms with van der Waals surface area (Å²) in [6, 6.07) is 4.27. The van der Waals surface area contributed by atoms with Gasteiger partial charge in [0, 0.05) is 42.4 Å². The molecular formula is C18H22FN3O4S2. The quantitative estimate of drug-likeness (QED) is 0.695. The van der Waals surface area contributed by atoms with Crippen LogP contribution < -0.4 is 0 Å². The van der Waals surface area contributed by atoms with Crippen LogP contribution in [0.1, 0.15) is 32.3 Å². The first-order chi connectivity index (χ1) is 13.0. The monoisotopic (exact) mass is 427 g/mol. The predicted octanol–water partition coefficient (Wildman–Crippen LogP) is 2.39. The third-order valence-electron chi connectivity index (χ3n) is 4.99. The number of sulfone groups is 1. The summed E-state index contributed by atoms with van der Waals surface area (Å²) in [5, 5.41) is -0.775. The molecule has 0 spiro atoms. The molecule has 0 N–H and O–H groups in total.